The molecule has 1 aromatic rings. The molecule has 100 valence electrons. The summed E-state index contributed by atoms with van der Waals surface area (Å²) in [6.07, 6.45) is 3.38. The van der Waals surface area contributed by atoms with Gasteiger partial charge in [0.1, 0.15) is 0 Å². The predicted molar refractivity (Wildman–Crippen MR) is 72.5 cm³/mol. The van der Waals surface area contributed by atoms with Crippen LogP contribution in [0.5, 0.6) is 0 Å². The molecular formula is C11H21N7. The lowest BCUT2D eigenvalue weighted by atomic mass is 10.3. The normalized spacial score (nSPS) is 16.7. The molecule has 7 heteroatoms. The number of aromatic nitrogens is 3. The molecule has 0 saturated carbocycles. The van der Waals surface area contributed by atoms with Gasteiger partial charge < -0.3 is 10.2 Å². The van der Waals surface area contributed by atoms with Crippen LogP contribution in [0.1, 0.15) is 33.1 Å². The van der Waals surface area contributed by atoms with E-state index in [4.69, 9.17) is 5.84 Å². The van der Waals surface area contributed by atoms with Crippen LogP contribution >= 0.6 is 0 Å². The molecule has 1 aliphatic rings. The standard InChI is InChI=1S/C11H21N7/c1-3-8(2)13-9-14-10(17-12)16-11(15-9)18-6-4-5-7-18/h8H,3-7,12H2,1-2H3,(H2,13,14,15,16,17). The molecule has 2 heterocycles. The Balaban J connectivity index is 2.20. The van der Waals surface area contributed by atoms with Gasteiger partial charge in [-0.15, -0.1) is 0 Å². The van der Waals surface area contributed by atoms with Crippen molar-refractivity contribution in [2.75, 3.05) is 28.7 Å². The van der Waals surface area contributed by atoms with Crippen molar-refractivity contribution < 1.29 is 0 Å². The van der Waals surface area contributed by atoms with Gasteiger partial charge in [0.05, 0.1) is 0 Å². The Hall–Kier alpha value is -1.63. The van der Waals surface area contributed by atoms with E-state index in [1.54, 1.807) is 0 Å². The van der Waals surface area contributed by atoms with E-state index in [-0.39, 0.29) is 0 Å². The minimum atomic E-state index is 0.324. The number of anilines is 3. The Morgan fingerprint density at radius 2 is 1.89 bits per heavy atom. The Morgan fingerprint density at radius 1 is 1.22 bits per heavy atom. The van der Waals surface area contributed by atoms with Crippen LogP contribution < -0.4 is 21.5 Å². The minimum Gasteiger partial charge on any atom is -0.352 e. The number of hydrogen-bond acceptors (Lipinski definition) is 7. The monoisotopic (exact) mass is 251 g/mol. The zero-order valence-electron chi connectivity index (χ0n) is 11.0. The van der Waals surface area contributed by atoms with E-state index in [1.165, 1.54) is 12.8 Å². The number of nitrogens with one attached hydrogen (secondary N) is 2. The highest BCUT2D eigenvalue weighted by Crippen LogP contribution is 2.18. The first kappa shape index (κ1) is 12.8. The van der Waals surface area contributed by atoms with Gasteiger partial charge >= 0.3 is 0 Å². The summed E-state index contributed by atoms with van der Waals surface area (Å²) >= 11 is 0. The average molecular weight is 251 g/mol. The molecule has 1 aliphatic heterocycles. The summed E-state index contributed by atoms with van der Waals surface area (Å²) < 4.78 is 0. The molecule has 18 heavy (non-hydrogen) atoms. The Kier molecular flexibility index (Phi) is 4.14. The Labute approximate surface area is 107 Å². The number of nitrogens with two attached hydrogens (primary N) is 1. The van der Waals surface area contributed by atoms with Gasteiger partial charge in [-0.2, -0.15) is 15.0 Å². The molecule has 0 aliphatic carbocycles. The zero-order chi connectivity index (χ0) is 13.0. The second-order valence-electron chi connectivity index (χ2n) is 4.57. The van der Waals surface area contributed by atoms with E-state index < -0.39 is 0 Å². The molecule has 1 saturated heterocycles. The summed E-state index contributed by atoms with van der Waals surface area (Å²) in [4.78, 5) is 15.1. The van der Waals surface area contributed by atoms with Gasteiger partial charge in [-0.25, -0.2) is 5.84 Å². The van der Waals surface area contributed by atoms with Gasteiger partial charge in [0.15, 0.2) is 0 Å². The molecule has 0 bridgehead atoms. The fraction of sp³-hybridized carbons (Fsp3) is 0.727. The smallest absolute Gasteiger partial charge is 0.243 e. The molecule has 0 radical (unpaired) electrons. The van der Waals surface area contributed by atoms with Gasteiger partial charge in [0.25, 0.3) is 0 Å². The third kappa shape index (κ3) is 2.98. The lowest BCUT2D eigenvalue weighted by Gasteiger charge is -2.18. The molecular weight excluding hydrogens is 230 g/mol. The van der Waals surface area contributed by atoms with Crippen molar-refractivity contribution in [3.8, 4) is 0 Å². The van der Waals surface area contributed by atoms with Crippen molar-refractivity contribution in [2.45, 2.75) is 39.2 Å². The summed E-state index contributed by atoms with van der Waals surface area (Å²) in [5, 5.41) is 3.25. The maximum atomic E-state index is 5.40. The van der Waals surface area contributed by atoms with E-state index in [1.807, 2.05) is 0 Å². The highest BCUT2D eigenvalue weighted by Gasteiger charge is 2.17. The number of rotatable bonds is 5. The molecule has 0 spiro atoms. The Morgan fingerprint density at radius 3 is 2.50 bits per heavy atom. The average Bonchev–Trinajstić information content (AvgIpc) is 2.92. The molecule has 0 amide bonds. The van der Waals surface area contributed by atoms with E-state index in [0.717, 1.165) is 19.5 Å². The van der Waals surface area contributed by atoms with Gasteiger partial charge in [0, 0.05) is 19.1 Å². The number of nitrogens with zero attached hydrogens (tertiary/aromatic N) is 4. The molecule has 2 rings (SSSR count). The van der Waals surface area contributed by atoms with Crippen LogP contribution in [-0.4, -0.2) is 34.1 Å². The minimum absolute atomic E-state index is 0.324. The van der Waals surface area contributed by atoms with Crippen molar-refractivity contribution >= 4 is 17.8 Å². The van der Waals surface area contributed by atoms with Gasteiger partial charge in [-0.1, -0.05) is 6.92 Å². The largest absolute Gasteiger partial charge is 0.352 e. The van der Waals surface area contributed by atoms with E-state index in [0.29, 0.717) is 23.9 Å². The molecule has 0 aromatic carbocycles. The zero-order valence-corrected chi connectivity index (χ0v) is 11.0. The van der Waals surface area contributed by atoms with Gasteiger partial charge in [0.2, 0.25) is 17.8 Å². The number of nitrogen functional groups attached to an aromatic ring is 1. The fourth-order valence-corrected chi connectivity index (χ4v) is 1.87. The van der Waals surface area contributed by atoms with Crippen molar-refractivity contribution in [2.24, 2.45) is 5.84 Å². The first-order valence-electron chi connectivity index (χ1n) is 6.47. The molecule has 1 aromatic heterocycles. The first-order chi connectivity index (χ1) is 8.72. The maximum Gasteiger partial charge on any atom is 0.243 e. The lowest BCUT2D eigenvalue weighted by molar-refractivity contribution is 0.748. The third-order valence-corrected chi connectivity index (χ3v) is 3.13. The van der Waals surface area contributed by atoms with Crippen LogP contribution in [0.3, 0.4) is 0 Å². The highest BCUT2D eigenvalue weighted by molar-refractivity contribution is 5.44. The van der Waals surface area contributed by atoms with Gasteiger partial charge in [-0.3, -0.25) is 5.43 Å². The maximum absolute atomic E-state index is 5.40. The predicted octanol–water partition coefficient (Wildman–Crippen LogP) is 0.968. The fourth-order valence-electron chi connectivity index (χ4n) is 1.87. The molecule has 1 unspecified atom stereocenters. The van der Waals surface area contributed by atoms with Crippen molar-refractivity contribution in [3.63, 3.8) is 0 Å². The summed E-state index contributed by atoms with van der Waals surface area (Å²) in [6, 6.07) is 0.324. The van der Waals surface area contributed by atoms with Crippen LogP contribution in [0, 0.1) is 0 Å². The quantitative estimate of drug-likeness (QED) is 0.530. The summed E-state index contributed by atoms with van der Waals surface area (Å²) in [5.41, 5.74) is 2.49. The number of hydrazine groups is 1. The van der Waals surface area contributed by atoms with E-state index in [2.05, 4.69) is 44.4 Å². The van der Waals surface area contributed by atoms with Crippen LogP contribution in [0.4, 0.5) is 17.8 Å². The Bertz CT molecular complexity index is 389. The van der Waals surface area contributed by atoms with Crippen LogP contribution in [0.2, 0.25) is 0 Å². The third-order valence-electron chi connectivity index (χ3n) is 3.13. The molecule has 1 atom stereocenters. The summed E-state index contributed by atoms with van der Waals surface area (Å²) in [7, 11) is 0. The lowest BCUT2D eigenvalue weighted by Crippen LogP contribution is -2.24. The van der Waals surface area contributed by atoms with Gasteiger partial charge in [-0.05, 0) is 26.2 Å². The highest BCUT2D eigenvalue weighted by atomic mass is 15.4. The number of hydrogen-bond donors (Lipinski definition) is 3. The molecule has 4 N–H and O–H groups in total. The first-order valence-corrected chi connectivity index (χ1v) is 6.47. The second kappa shape index (κ2) is 5.81. The SMILES string of the molecule is CCC(C)Nc1nc(NN)nc(N2CCCC2)n1. The summed E-state index contributed by atoms with van der Waals surface area (Å²) in [6.45, 7) is 6.20. The van der Waals surface area contributed by atoms with Crippen molar-refractivity contribution in [1.82, 2.24) is 15.0 Å². The van der Waals surface area contributed by atoms with Crippen LogP contribution in [0.25, 0.3) is 0 Å². The topological polar surface area (TPSA) is 92.0 Å². The molecule has 7 nitrogen and oxygen atoms in total. The second-order valence-corrected chi connectivity index (χ2v) is 4.57. The van der Waals surface area contributed by atoms with E-state index >= 15 is 0 Å². The summed E-state index contributed by atoms with van der Waals surface area (Å²) in [5.74, 6) is 7.07. The van der Waals surface area contributed by atoms with Crippen LogP contribution in [-0.2, 0) is 0 Å². The van der Waals surface area contributed by atoms with Crippen LogP contribution in [0.15, 0.2) is 0 Å². The van der Waals surface area contributed by atoms with Crippen molar-refractivity contribution in [3.05, 3.63) is 0 Å². The van der Waals surface area contributed by atoms with Crippen molar-refractivity contribution in [1.29, 1.82) is 0 Å². The van der Waals surface area contributed by atoms with E-state index in [9.17, 15) is 0 Å². The molecule has 1 fully saturated rings.